The van der Waals surface area contributed by atoms with Gasteiger partial charge in [-0.3, -0.25) is 4.79 Å². The van der Waals surface area contributed by atoms with Crippen LogP contribution in [0.1, 0.15) is 52.9 Å². The van der Waals surface area contributed by atoms with Gasteiger partial charge in [-0.25, -0.2) is 0 Å². The van der Waals surface area contributed by atoms with E-state index in [1.165, 1.54) is 0 Å². The first-order valence-corrected chi connectivity index (χ1v) is 9.87. The molecule has 5 nitrogen and oxygen atoms in total. The first-order valence-electron chi connectivity index (χ1n) is 9.87. The lowest BCUT2D eigenvalue weighted by atomic mass is 9.91. The Morgan fingerprint density at radius 1 is 1.37 bits per heavy atom. The van der Waals surface area contributed by atoms with Gasteiger partial charge in [0, 0.05) is 11.8 Å². The SMILES string of the molecule is CC(OCC(C)(C)CO)C(O)C=C[C@H]1C=CC[C@@H]1C/C=C\CCCC(=O)O. The van der Waals surface area contributed by atoms with Gasteiger partial charge < -0.3 is 20.1 Å². The molecule has 0 radical (unpaired) electrons. The highest BCUT2D eigenvalue weighted by molar-refractivity contribution is 5.66. The maximum absolute atomic E-state index is 10.5. The Kier molecular flexibility index (Phi) is 10.6. The van der Waals surface area contributed by atoms with Crippen LogP contribution < -0.4 is 0 Å². The second kappa shape index (κ2) is 12.1. The molecule has 1 aliphatic rings. The highest BCUT2D eigenvalue weighted by Gasteiger charge is 2.22. The number of allylic oxidation sites excluding steroid dienone is 5. The van der Waals surface area contributed by atoms with Crippen molar-refractivity contribution < 1.29 is 24.9 Å². The van der Waals surface area contributed by atoms with Crippen molar-refractivity contribution in [1.29, 1.82) is 0 Å². The van der Waals surface area contributed by atoms with Crippen LogP contribution in [-0.2, 0) is 9.53 Å². The van der Waals surface area contributed by atoms with Crippen molar-refractivity contribution in [3.05, 3.63) is 36.5 Å². The molecule has 0 fully saturated rings. The molecule has 1 aliphatic carbocycles. The zero-order chi connectivity index (χ0) is 20.3. The van der Waals surface area contributed by atoms with Crippen LogP contribution in [0.3, 0.4) is 0 Å². The minimum Gasteiger partial charge on any atom is -0.481 e. The van der Waals surface area contributed by atoms with Gasteiger partial charge in [0.15, 0.2) is 0 Å². The summed E-state index contributed by atoms with van der Waals surface area (Å²) < 4.78 is 5.69. The maximum Gasteiger partial charge on any atom is 0.303 e. The van der Waals surface area contributed by atoms with Crippen LogP contribution in [0.5, 0.6) is 0 Å². The van der Waals surface area contributed by atoms with E-state index in [0.29, 0.717) is 24.9 Å². The van der Waals surface area contributed by atoms with Gasteiger partial charge in [0.25, 0.3) is 0 Å². The minimum absolute atomic E-state index is 0.0457. The molecule has 1 rings (SSSR count). The van der Waals surface area contributed by atoms with Crippen LogP contribution in [0.2, 0.25) is 0 Å². The first-order chi connectivity index (χ1) is 12.7. The molecule has 0 amide bonds. The van der Waals surface area contributed by atoms with Gasteiger partial charge in [-0.1, -0.05) is 50.3 Å². The number of carboxylic acids is 1. The fourth-order valence-electron chi connectivity index (χ4n) is 2.86. The molecule has 3 N–H and O–H groups in total. The van der Waals surface area contributed by atoms with E-state index in [0.717, 1.165) is 19.3 Å². The normalized spacial score (nSPS) is 22.7. The molecule has 0 bridgehead atoms. The minimum atomic E-state index is -0.745. The molecule has 0 spiro atoms. The average Bonchev–Trinajstić information content (AvgIpc) is 3.07. The molecule has 27 heavy (non-hydrogen) atoms. The molecule has 0 heterocycles. The van der Waals surface area contributed by atoms with Gasteiger partial charge in [0.05, 0.1) is 25.4 Å². The maximum atomic E-state index is 10.5. The van der Waals surface area contributed by atoms with E-state index in [9.17, 15) is 15.0 Å². The van der Waals surface area contributed by atoms with Crippen molar-refractivity contribution in [2.24, 2.45) is 17.3 Å². The van der Waals surface area contributed by atoms with Gasteiger partial charge in [-0.05, 0) is 44.4 Å². The number of hydrogen-bond acceptors (Lipinski definition) is 4. The smallest absolute Gasteiger partial charge is 0.303 e. The van der Waals surface area contributed by atoms with Gasteiger partial charge in [0.2, 0.25) is 0 Å². The predicted octanol–water partition coefficient (Wildman–Crippen LogP) is 3.72. The predicted molar refractivity (Wildman–Crippen MR) is 107 cm³/mol. The van der Waals surface area contributed by atoms with Crippen LogP contribution in [0.15, 0.2) is 36.5 Å². The lowest BCUT2D eigenvalue weighted by Gasteiger charge is -2.25. The fourth-order valence-corrected chi connectivity index (χ4v) is 2.86. The summed E-state index contributed by atoms with van der Waals surface area (Å²) in [7, 11) is 0. The Bertz CT molecular complexity index is 521. The number of carboxylic acid groups (broad SMARTS) is 1. The van der Waals surface area contributed by atoms with Crippen molar-refractivity contribution in [3.63, 3.8) is 0 Å². The fraction of sp³-hybridized carbons (Fsp3) is 0.682. The van der Waals surface area contributed by atoms with Crippen LogP contribution in [-0.4, -0.2) is 46.7 Å². The molecule has 0 saturated heterocycles. The summed E-state index contributed by atoms with van der Waals surface area (Å²) in [5, 5.41) is 28.2. The Morgan fingerprint density at radius 3 is 2.78 bits per heavy atom. The Balaban J connectivity index is 2.38. The number of ether oxygens (including phenoxy) is 1. The molecule has 2 unspecified atom stereocenters. The summed E-state index contributed by atoms with van der Waals surface area (Å²) in [6.07, 6.45) is 15.0. The van der Waals surface area contributed by atoms with Crippen LogP contribution in [0.4, 0.5) is 0 Å². The second-order valence-corrected chi connectivity index (χ2v) is 8.21. The van der Waals surface area contributed by atoms with Crippen molar-refractivity contribution in [2.45, 2.75) is 65.1 Å². The molecule has 0 saturated carbocycles. The molecular formula is C22H36O5. The third-order valence-electron chi connectivity index (χ3n) is 4.88. The van der Waals surface area contributed by atoms with Crippen molar-refractivity contribution in [3.8, 4) is 0 Å². The van der Waals surface area contributed by atoms with Crippen molar-refractivity contribution in [2.75, 3.05) is 13.2 Å². The number of rotatable bonds is 13. The molecule has 5 heteroatoms. The summed E-state index contributed by atoms with van der Waals surface area (Å²) in [6.45, 7) is 6.12. The number of carbonyl (C=O) groups is 1. The Hall–Kier alpha value is -1.43. The quantitative estimate of drug-likeness (QED) is 0.335. The number of aliphatic hydroxyl groups excluding tert-OH is 2. The average molecular weight is 381 g/mol. The van der Waals surface area contributed by atoms with Gasteiger partial charge in [-0.2, -0.15) is 0 Å². The van der Waals surface area contributed by atoms with E-state index in [2.05, 4.69) is 24.3 Å². The number of hydrogen-bond donors (Lipinski definition) is 3. The van der Waals surface area contributed by atoms with E-state index in [-0.39, 0.29) is 24.5 Å². The van der Waals surface area contributed by atoms with E-state index in [1.54, 1.807) is 6.08 Å². The third-order valence-corrected chi connectivity index (χ3v) is 4.88. The van der Waals surface area contributed by atoms with Crippen LogP contribution in [0.25, 0.3) is 0 Å². The van der Waals surface area contributed by atoms with E-state index < -0.39 is 12.1 Å². The molecule has 0 aromatic heterocycles. The molecule has 4 atom stereocenters. The van der Waals surface area contributed by atoms with Crippen LogP contribution >= 0.6 is 0 Å². The summed E-state index contributed by atoms with van der Waals surface area (Å²) in [4.78, 5) is 10.5. The van der Waals surface area contributed by atoms with Crippen molar-refractivity contribution >= 4 is 5.97 Å². The Morgan fingerprint density at radius 2 is 2.11 bits per heavy atom. The van der Waals surface area contributed by atoms with E-state index in [4.69, 9.17) is 9.84 Å². The molecular weight excluding hydrogens is 344 g/mol. The summed E-state index contributed by atoms with van der Waals surface area (Å²) in [6, 6.07) is 0. The Labute approximate surface area is 163 Å². The van der Waals surface area contributed by atoms with Crippen molar-refractivity contribution in [1.82, 2.24) is 0 Å². The summed E-state index contributed by atoms with van der Waals surface area (Å²) >= 11 is 0. The standard InChI is InChI=1S/C22H36O5/c1-17(27-16-22(2,3)15-23)20(24)14-13-19-11-8-10-18(19)9-6-4-5-7-12-21(25)26/h4,6,8,11,13-14,17-20,23-24H,5,7,9-10,12,15-16H2,1-3H3,(H,25,26)/b6-4-,14-13?/t17?,18-,19+,20?/m0/s1. The van der Waals surface area contributed by atoms with Gasteiger partial charge in [0.1, 0.15) is 0 Å². The van der Waals surface area contributed by atoms with Crippen LogP contribution in [0, 0.1) is 17.3 Å². The van der Waals surface area contributed by atoms with E-state index in [1.807, 2.05) is 26.8 Å². The monoisotopic (exact) mass is 380 g/mol. The van der Waals surface area contributed by atoms with Gasteiger partial charge in [-0.15, -0.1) is 0 Å². The summed E-state index contributed by atoms with van der Waals surface area (Å²) in [5.74, 6) is 0.0309. The largest absolute Gasteiger partial charge is 0.481 e. The second-order valence-electron chi connectivity index (χ2n) is 8.21. The zero-order valence-corrected chi connectivity index (χ0v) is 16.9. The topological polar surface area (TPSA) is 87.0 Å². The van der Waals surface area contributed by atoms with Gasteiger partial charge >= 0.3 is 5.97 Å². The molecule has 154 valence electrons. The number of unbranched alkanes of at least 4 members (excludes halogenated alkanes) is 1. The zero-order valence-electron chi connectivity index (χ0n) is 16.9. The molecule has 0 aromatic rings. The highest BCUT2D eigenvalue weighted by atomic mass is 16.5. The van der Waals surface area contributed by atoms with E-state index >= 15 is 0 Å². The lowest BCUT2D eigenvalue weighted by Crippen LogP contribution is -2.31. The molecule has 0 aromatic carbocycles. The first kappa shape index (κ1) is 23.6. The lowest BCUT2D eigenvalue weighted by molar-refractivity contribution is -0.137. The third kappa shape index (κ3) is 9.89. The highest BCUT2D eigenvalue weighted by Crippen LogP contribution is 2.30. The number of aliphatic hydroxyl groups is 2. The molecule has 0 aliphatic heterocycles. The summed E-state index contributed by atoms with van der Waals surface area (Å²) in [5.41, 5.74) is -0.312. The number of aliphatic carboxylic acids is 1.